The van der Waals surface area contributed by atoms with Crippen LogP contribution in [-0.2, 0) is 6.42 Å². The fraction of sp³-hybridized carbons (Fsp3) is 0.400. The van der Waals surface area contributed by atoms with Gasteiger partial charge in [0.1, 0.15) is 5.52 Å². The van der Waals surface area contributed by atoms with Gasteiger partial charge in [-0.15, -0.1) is 10.2 Å². The Labute approximate surface area is 80.2 Å². The van der Waals surface area contributed by atoms with Gasteiger partial charge in [-0.25, -0.2) is 0 Å². The summed E-state index contributed by atoms with van der Waals surface area (Å²) in [6, 6.07) is 0. The first kappa shape index (κ1) is 7.79. The first-order valence-corrected chi connectivity index (χ1v) is 4.84. The van der Waals surface area contributed by atoms with Crippen molar-refractivity contribution in [3.05, 3.63) is 5.56 Å². The summed E-state index contributed by atoms with van der Waals surface area (Å²) in [6.07, 6.45) is 3.21. The van der Waals surface area contributed by atoms with Gasteiger partial charge in [0.05, 0.1) is 0 Å². The normalized spacial score (nSPS) is 12.4. The molecule has 14 heavy (non-hydrogen) atoms. The molecule has 72 valence electrons. The van der Waals surface area contributed by atoms with E-state index in [1.165, 1.54) is 0 Å². The Morgan fingerprint density at radius 3 is 2.64 bits per heavy atom. The molecule has 1 aromatic carbocycles. The van der Waals surface area contributed by atoms with Crippen LogP contribution in [0, 0.1) is 0 Å². The van der Waals surface area contributed by atoms with Crippen molar-refractivity contribution < 1.29 is 9.52 Å². The van der Waals surface area contributed by atoms with E-state index in [1.54, 1.807) is 0 Å². The van der Waals surface area contributed by atoms with Gasteiger partial charge in [-0.05, 0) is 12.8 Å². The molecule has 3 rings (SSSR count). The van der Waals surface area contributed by atoms with Crippen LogP contribution in [0.1, 0.15) is 25.3 Å². The quantitative estimate of drug-likeness (QED) is 0.688. The van der Waals surface area contributed by atoms with Gasteiger partial charge in [0, 0.05) is 5.56 Å². The minimum atomic E-state index is 0.158. The SMILES string of the molecule is CCCCc1c2nnc2c(O)c2oc12. The Morgan fingerprint density at radius 2 is 2.00 bits per heavy atom. The number of aromatic nitrogens is 2. The number of rotatable bonds is 3. The van der Waals surface area contributed by atoms with Crippen molar-refractivity contribution in [2.45, 2.75) is 26.2 Å². The number of benzene rings is 1. The van der Waals surface area contributed by atoms with E-state index in [0.29, 0.717) is 11.1 Å². The maximum Gasteiger partial charge on any atom is 0.214 e. The number of aryl methyl sites for hydroxylation is 1. The molecule has 0 radical (unpaired) electrons. The van der Waals surface area contributed by atoms with Crippen LogP contribution in [-0.4, -0.2) is 15.3 Å². The third kappa shape index (κ3) is 0.828. The Balaban J connectivity index is 2.13. The fourth-order valence-corrected chi connectivity index (χ4v) is 1.74. The van der Waals surface area contributed by atoms with Gasteiger partial charge >= 0.3 is 0 Å². The number of nitrogens with zero attached hydrogens (tertiary/aromatic N) is 2. The zero-order valence-corrected chi connectivity index (χ0v) is 7.87. The summed E-state index contributed by atoms with van der Waals surface area (Å²) in [6.45, 7) is 2.15. The largest absolute Gasteiger partial charge is 0.503 e. The lowest BCUT2D eigenvalue weighted by molar-refractivity contribution is 0.480. The molecule has 4 nitrogen and oxygen atoms in total. The zero-order chi connectivity index (χ0) is 9.71. The highest BCUT2D eigenvalue weighted by Gasteiger charge is 2.26. The van der Waals surface area contributed by atoms with E-state index in [-0.39, 0.29) is 5.75 Å². The Bertz CT molecular complexity index is 558. The highest BCUT2D eigenvalue weighted by molar-refractivity contribution is 6.05. The summed E-state index contributed by atoms with van der Waals surface area (Å²) in [4.78, 5) is 0. The van der Waals surface area contributed by atoms with Crippen molar-refractivity contribution in [1.82, 2.24) is 10.2 Å². The summed E-state index contributed by atoms with van der Waals surface area (Å²) >= 11 is 0. The molecule has 0 fully saturated rings. The summed E-state index contributed by atoms with van der Waals surface area (Å²) < 4.78 is 5.23. The molecule has 0 aliphatic carbocycles. The standard InChI is InChI=1S/C10H10N2O2/c1-2-3-4-5-6-7(12-11-6)8(13)10-9(5)14-10/h13H,2-4H2,1H3. The predicted molar refractivity (Wildman–Crippen MR) is 52.0 cm³/mol. The molecule has 0 unspecified atom stereocenters. The topological polar surface area (TPSA) is 59.2 Å². The molecule has 0 spiro atoms. The molecule has 0 aliphatic rings. The van der Waals surface area contributed by atoms with Crippen molar-refractivity contribution in [2.24, 2.45) is 0 Å². The molecular formula is C10H10N2O2. The van der Waals surface area contributed by atoms with Gasteiger partial charge in [0.2, 0.25) is 5.58 Å². The Morgan fingerprint density at radius 1 is 1.21 bits per heavy atom. The molecule has 0 saturated heterocycles. The first-order valence-electron chi connectivity index (χ1n) is 4.84. The van der Waals surface area contributed by atoms with Gasteiger partial charge in [0.25, 0.3) is 0 Å². The van der Waals surface area contributed by atoms with Crippen LogP contribution < -0.4 is 0 Å². The molecule has 1 N–H and O–H groups in total. The van der Waals surface area contributed by atoms with E-state index in [1.807, 2.05) is 0 Å². The smallest absolute Gasteiger partial charge is 0.214 e. The van der Waals surface area contributed by atoms with Crippen molar-refractivity contribution in [2.75, 3.05) is 0 Å². The van der Waals surface area contributed by atoms with Crippen molar-refractivity contribution >= 4 is 22.2 Å². The van der Waals surface area contributed by atoms with Crippen LogP contribution in [0.15, 0.2) is 4.42 Å². The zero-order valence-electron chi connectivity index (χ0n) is 7.87. The number of aromatic hydroxyl groups is 1. The average Bonchev–Trinajstić information content (AvgIpc) is 2.87. The molecule has 0 saturated carbocycles. The number of phenolic OH excluding ortho intramolecular Hbond substituents is 1. The van der Waals surface area contributed by atoms with Crippen molar-refractivity contribution in [3.63, 3.8) is 0 Å². The van der Waals surface area contributed by atoms with E-state index in [0.717, 1.165) is 35.9 Å². The third-order valence-corrected chi connectivity index (χ3v) is 2.62. The van der Waals surface area contributed by atoms with Gasteiger partial charge in [-0.3, -0.25) is 0 Å². The van der Waals surface area contributed by atoms with Crippen LogP contribution in [0.2, 0.25) is 0 Å². The van der Waals surface area contributed by atoms with E-state index < -0.39 is 0 Å². The maximum atomic E-state index is 9.56. The molecule has 4 heteroatoms. The predicted octanol–water partition coefficient (Wildman–Crippen LogP) is 2.30. The van der Waals surface area contributed by atoms with Crippen molar-refractivity contribution in [3.8, 4) is 5.75 Å². The number of fused-ring (bicyclic) bond motifs is 2. The lowest BCUT2D eigenvalue weighted by atomic mass is 10.1. The van der Waals surface area contributed by atoms with Gasteiger partial charge in [-0.2, -0.15) is 0 Å². The Kier molecular flexibility index (Phi) is 1.37. The molecule has 3 aromatic rings. The fourth-order valence-electron chi connectivity index (χ4n) is 1.74. The third-order valence-electron chi connectivity index (χ3n) is 2.62. The summed E-state index contributed by atoms with van der Waals surface area (Å²) in [5, 5.41) is 17.3. The van der Waals surface area contributed by atoms with Gasteiger partial charge < -0.3 is 9.52 Å². The highest BCUT2D eigenvalue weighted by atomic mass is 16.4. The lowest BCUT2D eigenvalue weighted by Crippen LogP contribution is -1.96. The summed E-state index contributed by atoms with van der Waals surface area (Å²) in [5.74, 6) is 0.158. The average molecular weight is 190 g/mol. The number of phenols is 1. The van der Waals surface area contributed by atoms with Crippen LogP contribution in [0.4, 0.5) is 0 Å². The van der Waals surface area contributed by atoms with Gasteiger partial charge in [-0.1, -0.05) is 13.3 Å². The monoisotopic (exact) mass is 190 g/mol. The van der Waals surface area contributed by atoms with Gasteiger partial charge in [0.15, 0.2) is 16.8 Å². The second kappa shape index (κ2) is 2.47. The lowest BCUT2D eigenvalue weighted by Gasteiger charge is -2.03. The van der Waals surface area contributed by atoms with Crippen LogP contribution in [0.5, 0.6) is 5.75 Å². The van der Waals surface area contributed by atoms with Crippen molar-refractivity contribution in [1.29, 1.82) is 0 Å². The van der Waals surface area contributed by atoms with E-state index in [9.17, 15) is 5.11 Å². The van der Waals surface area contributed by atoms with E-state index in [2.05, 4.69) is 17.1 Å². The molecule has 0 bridgehead atoms. The Hall–Kier alpha value is -1.58. The first-order chi connectivity index (χ1) is 6.83. The molecule has 2 heterocycles. The number of hydrogen-bond acceptors (Lipinski definition) is 4. The highest BCUT2D eigenvalue weighted by Crippen LogP contribution is 2.43. The number of unbranched alkanes of at least 4 members (excludes halogenated alkanes) is 1. The second-order valence-corrected chi connectivity index (χ2v) is 3.59. The number of hydrogen-bond donors (Lipinski definition) is 1. The van der Waals surface area contributed by atoms with Crippen LogP contribution >= 0.6 is 0 Å². The van der Waals surface area contributed by atoms with Crippen LogP contribution in [0.3, 0.4) is 0 Å². The molecule has 2 aromatic heterocycles. The molecular weight excluding hydrogens is 180 g/mol. The maximum absolute atomic E-state index is 9.56. The molecule has 0 aliphatic heterocycles. The summed E-state index contributed by atoms with van der Waals surface area (Å²) in [7, 11) is 0. The van der Waals surface area contributed by atoms with E-state index >= 15 is 0 Å². The minimum Gasteiger partial charge on any atom is -0.503 e. The minimum absolute atomic E-state index is 0.158. The molecule has 0 amide bonds. The molecule has 0 atom stereocenters. The summed E-state index contributed by atoms with van der Waals surface area (Å²) in [5.41, 5.74) is 3.98. The van der Waals surface area contributed by atoms with E-state index in [4.69, 9.17) is 4.42 Å². The second-order valence-electron chi connectivity index (χ2n) is 3.59. The van der Waals surface area contributed by atoms with Crippen LogP contribution in [0.25, 0.3) is 22.2 Å².